The zero-order valence-electron chi connectivity index (χ0n) is 11.7. The van der Waals surface area contributed by atoms with E-state index in [0.717, 1.165) is 18.4 Å². The molecule has 4 N–H and O–H groups in total. The average molecular weight is 264 g/mol. The second-order valence-electron chi connectivity index (χ2n) is 5.60. The summed E-state index contributed by atoms with van der Waals surface area (Å²) in [5, 5.41) is 11.7. The second-order valence-corrected chi connectivity index (χ2v) is 5.60. The molecule has 19 heavy (non-hydrogen) atoms. The van der Waals surface area contributed by atoms with Gasteiger partial charge in [0.05, 0.1) is 0 Å². The zero-order chi connectivity index (χ0) is 14.3. The molecule has 4 nitrogen and oxygen atoms in total. The third kappa shape index (κ3) is 5.41. The van der Waals surface area contributed by atoms with Crippen molar-refractivity contribution in [2.24, 2.45) is 11.1 Å². The number of benzene rings is 1. The van der Waals surface area contributed by atoms with Gasteiger partial charge in [0.25, 0.3) is 0 Å². The molecule has 1 aromatic carbocycles. The van der Waals surface area contributed by atoms with Gasteiger partial charge < -0.3 is 16.2 Å². The molecule has 106 valence electrons. The summed E-state index contributed by atoms with van der Waals surface area (Å²) >= 11 is 0. The van der Waals surface area contributed by atoms with E-state index in [9.17, 15) is 4.79 Å². The van der Waals surface area contributed by atoms with E-state index in [4.69, 9.17) is 10.8 Å². The Labute approximate surface area is 115 Å². The minimum atomic E-state index is -0.630. The average Bonchev–Trinajstić information content (AvgIpc) is 2.43. The summed E-state index contributed by atoms with van der Waals surface area (Å²) < 4.78 is 0. The largest absolute Gasteiger partial charge is 0.396 e. The van der Waals surface area contributed by atoms with Crippen molar-refractivity contribution in [3.8, 4) is 0 Å². The van der Waals surface area contributed by atoms with Crippen LogP contribution in [0.4, 0.5) is 0 Å². The summed E-state index contributed by atoms with van der Waals surface area (Å²) in [6, 6.07) is 8.70. The lowest BCUT2D eigenvalue weighted by atomic mass is 9.88. The SMILES string of the molecule is CC(C)(CCCO)CNC(=O)[C@@H](N)c1ccccc1. The predicted molar refractivity (Wildman–Crippen MR) is 76.5 cm³/mol. The van der Waals surface area contributed by atoms with Gasteiger partial charge >= 0.3 is 0 Å². The molecule has 4 heteroatoms. The standard InChI is InChI=1S/C15H24N2O2/c1-15(2,9-6-10-18)11-17-14(19)13(16)12-7-4-3-5-8-12/h3-5,7-8,13,18H,6,9-11,16H2,1-2H3,(H,17,19)/t13-/m0/s1. The van der Waals surface area contributed by atoms with Crippen LogP contribution in [-0.2, 0) is 4.79 Å². The van der Waals surface area contributed by atoms with Gasteiger partial charge in [0.2, 0.25) is 5.91 Å². The molecule has 0 spiro atoms. The predicted octanol–water partition coefficient (Wildman–Crippen LogP) is 1.60. The monoisotopic (exact) mass is 264 g/mol. The summed E-state index contributed by atoms with van der Waals surface area (Å²) in [5.41, 5.74) is 6.70. The Morgan fingerprint density at radius 1 is 1.37 bits per heavy atom. The van der Waals surface area contributed by atoms with Crippen LogP contribution in [0, 0.1) is 5.41 Å². The third-order valence-electron chi connectivity index (χ3n) is 3.19. The van der Waals surface area contributed by atoms with E-state index in [-0.39, 0.29) is 17.9 Å². The highest BCUT2D eigenvalue weighted by Gasteiger charge is 2.21. The lowest BCUT2D eigenvalue weighted by Gasteiger charge is -2.25. The number of amides is 1. The number of nitrogens with one attached hydrogen (secondary N) is 1. The van der Waals surface area contributed by atoms with Gasteiger partial charge in [-0.1, -0.05) is 44.2 Å². The molecule has 1 aromatic rings. The molecule has 0 aromatic heterocycles. The highest BCUT2D eigenvalue weighted by Crippen LogP contribution is 2.21. The van der Waals surface area contributed by atoms with Crippen LogP contribution in [0.1, 0.15) is 38.3 Å². The molecule has 0 unspecified atom stereocenters. The van der Waals surface area contributed by atoms with E-state index in [2.05, 4.69) is 19.2 Å². The Balaban J connectivity index is 2.47. The molecular formula is C15H24N2O2. The normalized spacial score (nSPS) is 13.1. The smallest absolute Gasteiger partial charge is 0.241 e. The van der Waals surface area contributed by atoms with Gasteiger partial charge in [-0.25, -0.2) is 0 Å². The van der Waals surface area contributed by atoms with Crippen LogP contribution in [0.3, 0.4) is 0 Å². The van der Waals surface area contributed by atoms with Gasteiger partial charge in [0.15, 0.2) is 0 Å². The van der Waals surface area contributed by atoms with Crippen molar-refractivity contribution in [2.75, 3.05) is 13.2 Å². The van der Waals surface area contributed by atoms with E-state index in [1.165, 1.54) is 0 Å². The molecule has 0 bridgehead atoms. The first-order chi connectivity index (χ1) is 8.96. The number of aliphatic hydroxyl groups is 1. The van der Waals surface area contributed by atoms with Gasteiger partial charge in [0.1, 0.15) is 6.04 Å². The van der Waals surface area contributed by atoms with Gasteiger partial charge in [0, 0.05) is 13.2 Å². The first-order valence-electron chi connectivity index (χ1n) is 6.65. The van der Waals surface area contributed by atoms with E-state index in [1.54, 1.807) is 0 Å². The topological polar surface area (TPSA) is 75.3 Å². The molecule has 0 heterocycles. The Morgan fingerprint density at radius 2 is 2.00 bits per heavy atom. The van der Waals surface area contributed by atoms with Gasteiger partial charge in [-0.3, -0.25) is 4.79 Å². The molecule has 0 fully saturated rings. The molecule has 0 aliphatic carbocycles. The van der Waals surface area contributed by atoms with Crippen molar-refractivity contribution >= 4 is 5.91 Å². The molecule has 0 radical (unpaired) electrons. The summed E-state index contributed by atoms with van der Waals surface area (Å²) in [4.78, 5) is 12.0. The molecule has 0 saturated heterocycles. The number of hydrogen-bond acceptors (Lipinski definition) is 3. The molecule has 0 saturated carbocycles. The summed E-state index contributed by atoms with van der Waals surface area (Å²) in [7, 11) is 0. The maximum Gasteiger partial charge on any atom is 0.241 e. The highest BCUT2D eigenvalue weighted by molar-refractivity contribution is 5.82. The number of rotatable bonds is 7. The van der Waals surface area contributed by atoms with Gasteiger partial charge in [-0.2, -0.15) is 0 Å². The van der Waals surface area contributed by atoms with E-state index < -0.39 is 6.04 Å². The molecule has 0 aliphatic heterocycles. The second kappa shape index (κ2) is 7.26. The van der Waals surface area contributed by atoms with Gasteiger partial charge in [-0.05, 0) is 23.8 Å². The summed E-state index contributed by atoms with van der Waals surface area (Å²) in [5.74, 6) is -0.164. The van der Waals surface area contributed by atoms with Crippen LogP contribution < -0.4 is 11.1 Å². The van der Waals surface area contributed by atoms with Gasteiger partial charge in [-0.15, -0.1) is 0 Å². The van der Waals surface area contributed by atoms with Crippen molar-refractivity contribution in [1.82, 2.24) is 5.32 Å². The Bertz CT molecular complexity index is 390. The van der Waals surface area contributed by atoms with Crippen molar-refractivity contribution in [2.45, 2.75) is 32.7 Å². The fraction of sp³-hybridized carbons (Fsp3) is 0.533. The van der Waals surface area contributed by atoms with Crippen molar-refractivity contribution in [3.05, 3.63) is 35.9 Å². The van der Waals surface area contributed by atoms with Crippen LogP contribution in [-0.4, -0.2) is 24.2 Å². The first-order valence-corrected chi connectivity index (χ1v) is 6.65. The molecule has 1 amide bonds. The maximum absolute atomic E-state index is 12.0. The summed E-state index contributed by atoms with van der Waals surface area (Å²) in [6.45, 7) is 4.88. The number of nitrogens with two attached hydrogens (primary N) is 1. The van der Waals surface area contributed by atoms with E-state index >= 15 is 0 Å². The summed E-state index contributed by atoms with van der Waals surface area (Å²) in [6.07, 6.45) is 1.61. The Hall–Kier alpha value is -1.39. The third-order valence-corrected chi connectivity index (χ3v) is 3.19. The zero-order valence-corrected chi connectivity index (χ0v) is 11.7. The Morgan fingerprint density at radius 3 is 2.58 bits per heavy atom. The lowest BCUT2D eigenvalue weighted by molar-refractivity contribution is -0.122. The molecule has 1 atom stereocenters. The van der Waals surface area contributed by atoms with E-state index in [1.807, 2.05) is 30.3 Å². The van der Waals surface area contributed by atoms with Crippen LogP contribution >= 0.6 is 0 Å². The van der Waals surface area contributed by atoms with Crippen LogP contribution in [0.2, 0.25) is 0 Å². The molecular weight excluding hydrogens is 240 g/mol. The van der Waals surface area contributed by atoms with Crippen molar-refractivity contribution < 1.29 is 9.90 Å². The quantitative estimate of drug-likeness (QED) is 0.700. The number of carbonyl (C=O) groups excluding carboxylic acids is 1. The molecule has 1 rings (SSSR count). The lowest BCUT2D eigenvalue weighted by Crippen LogP contribution is -2.39. The maximum atomic E-state index is 12.0. The number of aliphatic hydroxyl groups excluding tert-OH is 1. The fourth-order valence-electron chi connectivity index (χ4n) is 1.89. The minimum absolute atomic E-state index is 0.0329. The van der Waals surface area contributed by atoms with E-state index in [0.29, 0.717) is 6.54 Å². The number of hydrogen-bond donors (Lipinski definition) is 3. The first kappa shape index (κ1) is 15.7. The van der Waals surface area contributed by atoms with Crippen LogP contribution in [0.5, 0.6) is 0 Å². The molecule has 0 aliphatic rings. The van der Waals surface area contributed by atoms with Crippen LogP contribution in [0.15, 0.2) is 30.3 Å². The van der Waals surface area contributed by atoms with Crippen LogP contribution in [0.25, 0.3) is 0 Å². The van der Waals surface area contributed by atoms with Crippen molar-refractivity contribution in [1.29, 1.82) is 0 Å². The number of carbonyl (C=O) groups is 1. The highest BCUT2D eigenvalue weighted by atomic mass is 16.2. The Kier molecular flexibility index (Phi) is 5.99. The van der Waals surface area contributed by atoms with Crippen molar-refractivity contribution in [3.63, 3.8) is 0 Å². The fourth-order valence-corrected chi connectivity index (χ4v) is 1.89. The minimum Gasteiger partial charge on any atom is -0.396 e.